The number of rotatable bonds is 7. The van der Waals surface area contributed by atoms with Crippen LogP contribution in [0.15, 0.2) is 11.2 Å². The van der Waals surface area contributed by atoms with Crippen LogP contribution >= 0.6 is 0 Å². The fourth-order valence-corrected chi connectivity index (χ4v) is 3.40. The normalized spacial score (nSPS) is 13.1. The van der Waals surface area contributed by atoms with Gasteiger partial charge in [0.1, 0.15) is 9.84 Å². The Bertz CT molecular complexity index is 620. The van der Waals surface area contributed by atoms with Gasteiger partial charge in [-0.1, -0.05) is 0 Å². The average Bonchev–Trinajstić information content (AvgIpc) is 2.74. The van der Waals surface area contributed by atoms with Crippen molar-refractivity contribution in [2.75, 3.05) is 32.6 Å². The third-order valence-electron chi connectivity index (χ3n) is 2.49. The van der Waals surface area contributed by atoms with Crippen LogP contribution in [0.25, 0.3) is 0 Å². The monoisotopic (exact) mass is 310 g/mol. The molecule has 0 aliphatic rings. The molecule has 0 amide bonds. The summed E-state index contributed by atoms with van der Waals surface area (Å²) in [4.78, 5) is 0. The van der Waals surface area contributed by atoms with E-state index in [1.165, 1.54) is 13.2 Å². The van der Waals surface area contributed by atoms with E-state index in [1.807, 2.05) is 0 Å². The highest BCUT2D eigenvalue weighted by Gasteiger charge is 2.26. The lowest BCUT2D eigenvalue weighted by Crippen LogP contribution is -2.32. The maximum Gasteiger partial charge on any atom is 0.260 e. The largest absolute Gasteiger partial charge is 0.316 e. The second-order valence-corrected chi connectivity index (χ2v) is 8.45. The maximum atomic E-state index is 12.2. The number of aromatic nitrogens is 2. The van der Waals surface area contributed by atoms with Crippen LogP contribution in [0.1, 0.15) is 5.56 Å². The molecule has 0 saturated carbocycles. The fraction of sp³-hybridized carbons (Fsp3) is 0.667. The SMILES string of the molecule is CNCc1cn[nH]c1S(=O)(=O)N(C)CCS(C)(=O)=O. The molecule has 0 saturated heterocycles. The van der Waals surface area contributed by atoms with Crippen molar-refractivity contribution in [3.05, 3.63) is 11.8 Å². The van der Waals surface area contributed by atoms with Crippen molar-refractivity contribution in [1.29, 1.82) is 0 Å². The summed E-state index contributed by atoms with van der Waals surface area (Å²) in [5.74, 6) is -0.224. The molecule has 1 heterocycles. The Morgan fingerprint density at radius 2 is 2.00 bits per heavy atom. The standard InChI is InChI=1S/C9H18N4O4S2/c1-10-6-8-7-11-12-9(8)19(16,17)13(2)4-5-18(3,14)15/h7,10H,4-6H2,1-3H3,(H,11,12). The molecule has 0 aliphatic carbocycles. The summed E-state index contributed by atoms with van der Waals surface area (Å²) in [6, 6.07) is 0. The van der Waals surface area contributed by atoms with E-state index >= 15 is 0 Å². The molecule has 0 radical (unpaired) electrons. The maximum absolute atomic E-state index is 12.2. The fourth-order valence-electron chi connectivity index (χ4n) is 1.41. The second-order valence-electron chi connectivity index (χ2n) is 4.21. The van der Waals surface area contributed by atoms with Crippen molar-refractivity contribution in [2.24, 2.45) is 0 Å². The summed E-state index contributed by atoms with van der Waals surface area (Å²) in [5.41, 5.74) is 0.508. The molecular formula is C9H18N4O4S2. The molecule has 0 fully saturated rings. The number of sulfonamides is 1. The van der Waals surface area contributed by atoms with Crippen molar-refractivity contribution in [3.63, 3.8) is 0 Å². The first-order valence-electron chi connectivity index (χ1n) is 5.49. The Balaban J connectivity index is 2.93. The van der Waals surface area contributed by atoms with Gasteiger partial charge in [0, 0.05) is 32.0 Å². The number of nitrogens with one attached hydrogen (secondary N) is 2. The van der Waals surface area contributed by atoms with Crippen LogP contribution in [0.2, 0.25) is 0 Å². The minimum atomic E-state index is -3.76. The lowest BCUT2D eigenvalue weighted by molar-refractivity contribution is 0.480. The van der Waals surface area contributed by atoms with Crippen LogP contribution in [-0.4, -0.2) is 64.0 Å². The van der Waals surface area contributed by atoms with Crippen LogP contribution in [-0.2, 0) is 26.4 Å². The van der Waals surface area contributed by atoms with Gasteiger partial charge in [-0.2, -0.15) is 9.40 Å². The summed E-state index contributed by atoms with van der Waals surface area (Å²) in [6.45, 7) is 0.254. The van der Waals surface area contributed by atoms with Crippen LogP contribution < -0.4 is 5.32 Å². The minimum Gasteiger partial charge on any atom is -0.316 e. The molecule has 110 valence electrons. The summed E-state index contributed by atoms with van der Waals surface area (Å²) in [5, 5.41) is 8.97. The highest BCUT2D eigenvalue weighted by atomic mass is 32.2. The molecule has 0 atom stereocenters. The summed E-state index contributed by atoms with van der Waals surface area (Å²) in [6.07, 6.45) is 2.49. The van der Waals surface area contributed by atoms with Gasteiger partial charge in [0.25, 0.3) is 10.0 Å². The minimum absolute atomic E-state index is 0.0159. The molecule has 8 nitrogen and oxygen atoms in total. The first kappa shape index (κ1) is 16.1. The smallest absolute Gasteiger partial charge is 0.260 e. The van der Waals surface area contributed by atoms with Gasteiger partial charge in [0.15, 0.2) is 5.03 Å². The molecule has 0 unspecified atom stereocenters. The quantitative estimate of drug-likeness (QED) is 0.654. The van der Waals surface area contributed by atoms with Crippen LogP contribution in [0, 0.1) is 0 Å². The van der Waals surface area contributed by atoms with E-state index in [-0.39, 0.29) is 17.3 Å². The molecule has 2 N–H and O–H groups in total. The molecule has 0 bridgehead atoms. The Labute approximate surface area is 113 Å². The highest BCUT2D eigenvalue weighted by Crippen LogP contribution is 2.16. The number of hydrogen-bond acceptors (Lipinski definition) is 6. The highest BCUT2D eigenvalue weighted by molar-refractivity contribution is 7.91. The number of nitrogens with zero attached hydrogens (tertiary/aromatic N) is 2. The van der Waals surface area contributed by atoms with E-state index in [9.17, 15) is 16.8 Å². The first-order valence-corrected chi connectivity index (χ1v) is 8.99. The summed E-state index contributed by atoms with van der Waals surface area (Å²) < 4.78 is 47.6. The van der Waals surface area contributed by atoms with Crippen molar-refractivity contribution < 1.29 is 16.8 Å². The zero-order valence-corrected chi connectivity index (χ0v) is 12.7. The Kier molecular flexibility index (Phi) is 5.07. The van der Waals surface area contributed by atoms with E-state index < -0.39 is 19.9 Å². The van der Waals surface area contributed by atoms with Gasteiger partial charge in [-0.15, -0.1) is 0 Å². The van der Waals surface area contributed by atoms with Gasteiger partial charge in [-0.05, 0) is 7.05 Å². The molecule has 0 spiro atoms. The van der Waals surface area contributed by atoms with Gasteiger partial charge in [-0.25, -0.2) is 16.8 Å². The van der Waals surface area contributed by atoms with Crippen molar-refractivity contribution in [3.8, 4) is 0 Å². The molecular weight excluding hydrogens is 292 g/mol. The van der Waals surface area contributed by atoms with Crippen LogP contribution in [0.5, 0.6) is 0 Å². The predicted molar refractivity (Wildman–Crippen MR) is 70.9 cm³/mol. The predicted octanol–water partition coefficient (Wildman–Crippen LogP) is -1.21. The van der Waals surface area contributed by atoms with Crippen molar-refractivity contribution >= 4 is 19.9 Å². The molecule has 0 aliphatic heterocycles. The topological polar surface area (TPSA) is 112 Å². The number of aromatic amines is 1. The summed E-state index contributed by atoms with van der Waals surface area (Å²) in [7, 11) is -3.94. The van der Waals surface area contributed by atoms with Crippen molar-refractivity contribution in [2.45, 2.75) is 11.6 Å². The van der Waals surface area contributed by atoms with E-state index in [4.69, 9.17) is 0 Å². The number of H-pyrrole nitrogens is 1. The van der Waals surface area contributed by atoms with E-state index in [0.29, 0.717) is 12.1 Å². The third-order valence-corrected chi connectivity index (χ3v) is 5.29. The lowest BCUT2D eigenvalue weighted by atomic mass is 10.4. The average molecular weight is 310 g/mol. The van der Waals surface area contributed by atoms with Gasteiger partial charge in [0.05, 0.1) is 11.9 Å². The van der Waals surface area contributed by atoms with Gasteiger partial charge in [-0.3, -0.25) is 5.10 Å². The lowest BCUT2D eigenvalue weighted by Gasteiger charge is -2.16. The Morgan fingerprint density at radius 3 is 2.53 bits per heavy atom. The van der Waals surface area contributed by atoms with Crippen molar-refractivity contribution in [1.82, 2.24) is 19.8 Å². The number of hydrogen-bond donors (Lipinski definition) is 2. The van der Waals surface area contributed by atoms with E-state index in [1.54, 1.807) is 7.05 Å². The van der Waals surface area contributed by atoms with Crippen LogP contribution in [0.3, 0.4) is 0 Å². The second kappa shape index (κ2) is 5.99. The number of sulfone groups is 1. The zero-order chi connectivity index (χ0) is 14.7. The molecule has 10 heteroatoms. The van der Waals surface area contributed by atoms with Gasteiger partial charge < -0.3 is 5.32 Å². The van der Waals surface area contributed by atoms with E-state index in [0.717, 1.165) is 10.6 Å². The molecule has 1 rings (SSSR count). The molecule has 19 heavy (non-hydrogen) atoms. The zero-order valence-electron chi connectivity index (χ0n) is 11.0. The third kappa shape index (κ3) is 4.27. The van der Waals surface area contributed by atoms with Gasteiger partial charge in [0.2, 0.25) is 0 Å². The van der Waals surface area contributed by atoms with Gasteiger partial charge >= 0.3 is 0 Å². The molecule has 0 aromatic carbocycles. The molecule has 1 aromatic heterocycles. The van der Waals surface area contributed by atoms with E-state index in [2.05, 4.69) is 15.5 Å². The van der Waals surface area contributed by atoms with Crippen LogP contribution in [0.4, 0.5) is 0 Å². The first-order chi connectivity index (χ1) is 8.68. The Hall–Kier alpha value is -0.970. The summed E-state index contributed by atoms with van der Waals surface area (Å²) >= 11 is 0. The Morgan fingerprint density at radius 1 is 1.37 bits per heavy atom. The molecule has 1 aromatic rings.